The van der Waals surface area contributed by atoms with Gasteiger partial charge in [-0.05, 0) is 54.6 Å². The van der Waals surface area contributed by atoms with Gasteiger partial charge in [0.05, 0.1) is 22.9 Å². The highest BCUT2D eigenvalue weighted by Crippen LogP contribution is 2.36. The number of aliphatic hydroxyl groups is 1. The minimum atomic E-state index is -0.222. The molecule has 4 rings (SSSR count). The summed E-state index contributed by atoms with van der Waals surface area (Å²) in [5, 5.41) is 13.4. The van der Waals surface area contributed by atoms with Crippen LogP contribution in [0.15, 0.2) is 67.0 Å². The minimum Gasteiger partial charge on any atom is -0.394 e. The Morgan fingerprint density at radius 1 is 0.946 bits per heavy atom. The van der Waals surface area contributed by atoms with Crippen molar-refractivity contribution in [1.82, 2.24) is 14.9 Å². The van der Waals surface area contributed by atoms with E-state index in [1.165, 1.54) is 48.2 Å². The van der Waals surface area contributed by atoms with E-state index in [0.29, 0.717) is 0 Å². The number of benzene rings is 2. The van der Waals surface area contributed by atoms with Crippen molar-refractivity contribution in [2.75, 3.05) is 25.0 Å². The molecule has 196 valence electrons. The standard InChI is InChI=1S/C31H40N4OS/c1-4-17-35(18-16-23(5-2)6-3)20-24-12-14-26(15-13-24)29-19-27-30(37-29)31(33-22-32-27)34-28(21-36)25-10-8-7-9-11-25/h7-15,19,22-23,28,36H,4-6,16-18,20-21H2,1-3H3,(H,32,33,34). The number of thiophene rings is 1. The van der Waals surface area contributed by atoms with Crippen LogP contribution in [0.1, 0.15) is 63.6 Å². The minimum absolute atomic E-state index is 0.0121. The molecule has 1 unspecified atom stereocenters. The molecule has 37 heavy (non-hydrogen) atoms. The Labute approximate surface area is 225 Å². The van der Waals surface area contributed by atoms with E-state index in [4.69, 9.17) is 0 Å². The van der Waals surface area contributed by atoms with Crippen molar-refractivity contribution in [3.05, 3.63) is 78.1 Å². The molecule has 0 aliphatic heterocycles. The second-order valence-electron chi connectivity index (χ2n) is 9.78. The third kappa shape index (κ3) is 7.16. The lowest BCUT2D eigenvalue weighted by Gasteiger charge is -2.24. The fourth-order valence-electron chi connectivity index (χ4n) is 4.87. The van der Waals surface area contributed by atoms with Crippen LogP contribution in [0.25, 0.3) is 20.7 Å². The van der Waals surface area contributed by atoms with Gasteiger partial charge >= 0.3 is 0 Å². The van der Waals surface area contributed by atoms with Gasteiger partial charge in [-0.3, -0.25) is 4.90 Å². The zero-order valence-electron chi connectivity index (χ0n) is 22.4. The van der Waals surface area contributed by atoms with Gasteiger partial charge in [0, 0.05) is 11.4 Å². The molecule has 0 spiro atoms. The van der Waals surface area contributed by atoms with Crippen molar-refractivity contribution in [2.24, 2.45) is 5.92 Å². The smallest absolute Gasteiger partial charge is 0.148 e. The molecule has 6 heteroatoms. The molecule has 1 atom stereocenters. The molecule has 0 aliphatic carbocycles. The highest BCUT2D eigenvalue weighted by Gasteiger charge is 2.16. The van der Waals surface area contributed by atoms with Gasteiger partial charge in [-0.2, -0.15) is 0 Å². The molecule has 0 saturated carbocycles. The molecule has 2 aromatic carbocycles. The molecule has 5 nitrogen and oxygen atoms in total. The summed E-state index contributed by atoms with van der Waals surface area (Å²) in [4.78, 5) is 12.8. The maximum absolute atomic E-state index is 10.00. The molecule has 2 N–H and O–H groups in total. The summed E-state index contributed by atoms with van der Waals surface area (Å²) in [6.45, 7) is 10.2. The fraction of sp³-hybridized carbons (Fsp3) is 0.419. The van der Waals surface area contributed by atoms with E-state index < -0.39 is 0 Å². The largest absolute Gasteiger partial charge is 0.394 e. The van der Waals surface area contributed by atoms with Crippen LogP contribution in [0, 0.1) is 5.92 Å². The van der Waals surface area contributed by atoms with Crippen molar-refractivity contribution in [3.63, 3.8) is 0 Å². The Hall–Kier alpha value is -2.80. The van der Waals surface area contributed by atoms with Gasteiger partial charge in [0.15, 0.2) is 0 Å². The molecule has 0 radical (unpaired) electrons. The summed E-state index contributed by atoms with van der Waals surface area (Å²) in [5.41, 5.74) is 4.50. The molecule has 0 bridgehead atoms. The Morgan fingerprint density at radius 2 is 1.70 bits per heavy atom. The fourth-order valence-corrected chi connectivity index (χ4v) is 5.93. The topological polar surface area (TPSA) is 61.3 Å². The first-order valence-corrected chi connectivity index (χ1v) is 14.4. The van der Waals surface area contributed by atoms with E-state index in [2.05, 4.69) is 71.3 Å². The maximum Gasteiger partial charge on any atom is 0.148 e. The number of anilines is 1. The van der Waals surface area contributed by atoms with Gasteiger partial charge in [-0.1, -0.05) is 88.2 Å². The number of aliphatic hydroxyl groups excluding tert-OH is 1. The second-order valence-corrected chi connectivity index (χ2v) is 10.8. The van der Waals surface area contributed by atoms with Crippen molar-refractivity contribution < 1.29 is 5.11 Å². The van der Waals surface area contributed by atoms with Gasteiger partial charge < -0.3 is 10.4 Å². The number of fused-ring (bicyclic) bond motifs is 1. The summed E-state index contributed by atoms with van der Waals surface area (Å²) >= 11 is 1.69. The second kappa shape index (κ2) is 13.7. The number of hydrogen-bond acceptors (Lipinski definition) is 6. The molecule has 0 fully saturated rings. The lowest BCUT2D eigenvalue weighted by atomic mass is 9.99. The van der Waals surface area contributed by atoms with E-state index in [-0.39, 0.29) is 12.6 Å². The lowest BCUT2D eigenvalue weighted by molar-refractivity contribution is 0.240. The van der Waals surface area contributed by atoms with Crippen LogP contribution < -0.4 is 5.32 Å². The Bertz CT molecular complexity index is 1220. The van der Waals surface area contributed by atoms with Crippen LogP contribution >= 0.6 is 11.3 Å². The number of nitrogens with zero attached hydrogens (tertiary/aromatic N) is 3. The monoisotopic (exact) mass is 516 g/mol. The number of aromatic nitrogens is 2. The Kier molecular flexibility index (Phi) is 10.1. The normalized spacial score (nSPS) is 12.5. The van der Waals surface area contributed by atoms with Crippen molar-refractivity contribution in [3.8, 4) is 10.4 Å². The third-order valence-corrected chi connectivity index (χ3v) is 8.38. The zero-order valence-corrected chi connectivity index (χ0v) is 23.2. The molecule has 2 aromatic heterocycles. The van der Waals surface area contributed by atoms with E-state index >= 15 is 0 Å². The first kappa shape index (κ1) is 27.2. The maximum atomic E-state index is 10.00. The molecule has 0 amide bonds. The van der Waals surface area contributed by atoms with Crippen molar-refractivity contribution >= 4 is 27.4 Å². The van der Waals surface area contributed by atoms with E-state index in [9.17, 15) is 5.11 Å². The van der Waals surface area contributed by atoms with E-state index in [1.54, 1.807) is 17.7 Å². The molecular weight excluding hydrogens is 476 g/mol. The lowest BCUT2D eigenvalue weighted by Crippen LogP contribution is -2.26. The van der Waals surface area contributed by atoms with Gasteiger partial charge in [0.1, 0.15) is 12.1 Å². The third-order valence-electron chi connectivity index (χ3n) is 7.20. The molecule has 2 heterocycles. The Morgan fingerprint density at radius 3 is 2.38 bits per heavy atom. The highest BCUT2D eigenvalue weighted by molar-refractivity contribution is 7.22. The van der Waals surface area contributed by atoms with E-state index in [0.717, 1.165) is 40.6 Å². The number of nitrogens with one attached hydrogen (secondary N) is 1. The van der Waals surface area contributed by atoms with Crippen LogP contribution in [0.3, 0.4) is 0 Å². The van der Waals surface area contributed by atoms with Crippen molar-refractivity contribution in [2.45, 2.75) is 59.0 Å². The molecule has 0 saturated heterocycles. The summed E-state index contributed by atoms with van der Waals surface area (Å²) < 4.78 is 1.01. The highest BCUT2D eigenvalue weighted by atomic mass is 32.1. The predicted molar refractivity (Wildman–Crippen MR) is 157 cm³/mol. The van der Waals surface area contributed by atoms with Crippen LogP contribution in [0.2, 0.25) is 0 Å². The quantitative estimate of drug-likeness (QED) is 0.181. The summed E-state index contributed by atoms with van der Waals surface area (Å²) in [5.74, 6) is 1.59. The van der Waals surface area contributed by atoms with Gasteiger partial charge in [-0.15, -0.1) is 11.3 Å². The number of hydrogen-bond donors (Lipinski definition) is 2. The average Bonchev–Trinajstić information content (AvgIpc) is 3.38. The zero-order chi connectivity index (χ0) is 26.0. The molecule has 0 aliphatic rings. The van der Waals surface area contributed by atoms with E-state index in [1.807, 2.05) is 30.3 Å². The van der Waals surface area contributed by atoms with Crippen LogP contribution in [-0.2, 0) is 6.54 Å². The van der Waals surface area contributed by atoms with Gasteiger partial charge in [0.2, 0.25) is 0 Å². The van der Waals surface area contributed by atoms with Gasteiger partial charge in [-0.25, -0.2) is 9.97 Å². The van der Waals surface area contributed by atoms with Crippen LogP contribution in [0.5, 0.6) is 0 Å². The number of rotatable bonds is 14. The first-order valence-electron chi connectivity index (χ1n) is 13.6. The summed E-state index contributed by atoms with van der Waals surface area (Å²) in [6.07, 6.45) is 6.60. The average molecular weight is 517 g/mol. The summed E-state index contributed by atoms with van der Waals surface area (Å²) in [7, 11) is 0. The van der Waals surface area contributed by atoms with Crippen molar-refractivity contribution in [1.29, 1.82) is 0 Å². The first-order chi connectivity index (χ1) is 18.1. The van der Waals surface area contributed by atoms with Crippen LogP contribution in [-0.4, -0.2) is 39.7 Å². The van der Waals surface area contributed by atoms with Gasteiger partial charge in [0.25, 0.3) is 0 Å². The summed E-state index contributed by atoms with van der Waals surface area (Å²) in [6, 6.07) is 20.9. The van der Waals surface area contributed by atoms with Crippen LogP contribution in [0.4, 0.5) is 5.82 Å². The molecule has 4 aromatic rings. The SMILES string of the molecule is CCCN(CCC(CC)CC)Cc1ccc(-c2cc3ncnc(NC(CO)c4ccccc4)c3s2)cc1. The predicted octanol–water partition coefficient (Wildman–Crippen LogP) is 7.54. The molecular formula is C31H40N4OS. The Balaban J connectivity index is 1.48.